The molecule has 0 saturated heterocycles. The molecule has 0 aliphatic heterocycles. The molecule has 4 heteroatoms. The molecule has 2 nitrogen and oxygen atoms in total. The Balaban J connectivity index is 2.44. The van der Waals surface area contributed by atoms with Gasteiger partial charge in [0.1, 0.15) is 0 Å². The Kier molecular flexibility index (Phi) is 3.07. The Morgan fingerprint density at radius 2 is 1.93 bits per heavy atom. The molecule has 0 atom stereocenters. The van der Waals surface area contributed by atoms with Crippen LogP contribution in [0.1, 0.15) is 5.69 Å². The average Bonchev–Trinajstić information content (AvgIpc) is 2.61. The highest BCUT2D eigenvalue weighted by Crippen LogP contribution is 2.32. The van der Waals surface area contributed by atoms with Crippen molar-refractivity contribution in [1.29, 1.82) is 0 Å². The van der Waals surface area contributed by atoms with Crippen LogP contribution in [-0.4, -0.2) is 12.0 Å². The van der Waals surface area contributed by atoms with Crippen LogP contribution < -0.4 is 5.32 Å². The lowest BCUT2D eigenvalue weighted by Gasteiger charge is -1.98. The van der Waals surface area contributed by atoms with Crippen molar-refractivity contribution < 1.29 is 0 Å². The molecular weight excluding hydrogens is 272 g/mol. The van der Waals surface area contributed by atoms with Gasteiger partial charge in [0.15, 0.2) is 5.13 Å². The smallest absolute Gasteiger partial charge is 0.183 e. The number of nitrogens with zero attached hydrogens (tertiary/aromatic N) is 1. The van der Waals surface area contributed by atoms with Gasteiger partial charge in [0.25, 0.3) is 0 Å². The monoisotopic (exact) mass is 282 g/mol. The molecule has 0 saturated carbocycles. The van der Waals surface area contributed by atoms with Crippen LogP contribution in [0.15, 0.2) is 28.7 Å². The van der Waals surface area contributed by atoms with Gasteiger partial charge in [-0.25, -0.2) is 4.98 Å². The summed E-state index contributed by atoms with van der Waals surface area (Å²) in [5.74, 6) is 0. The molecule has 1 heterocycles. The SMILES string of the molecule is CNc1nc(C)c(-c2ccc(Br)cc2)s1. The Bertz CT molecular complexity index is 462. The minimum absolute atomic E-state index is 0.963. The van der Waals surface area contributed by atoms with Crippen molar-refractivity contribution in [1.82, 2.24) is 4.98 Å². The van der Waals surface area contributed by atoms with E-state index in [1.54, 1.807) is 11.3 Å². The van der Waals surface area contributed by atoms with Crippen molar-refractivity contribution >= 4 is 32.4 Å². The van der Waals surface area contributed by atoms with Crippen LogP contribution in [0.2, 0.25) is 0 Å². The first-order valence-electron chi connectivity index (χ1n) is 4.62. The molecule has 1 N–H and O–H groups in total. The van der Waals surface area contributed by atoms with Gasteiger partial charge in [-0.2, -0.15) is 0 Å². The maximum Gasteiger partial charge on any atom is 0.183 e. The van der Waals surface area contributed by atoms with Crippen LogP contribution in [0.4, 0.5) is 5.13 Å². The molecular formula is C11H11BrN2S. The molecule has 0 unspecified atom stereocenters. The number of anilines is 1. The summed E-state index contributed by atoms with van der Waals surface area (Å²) in [7, 11) is 1.89. The van der Waals surface area contributed by atoms with Crippen molar-refractivity contribution in [2.45, 2.75) is 6.92 Å². The molecule has 78 valence electrons. The molecule has 0 radical (unpaired) electrons. The van der Waals surface area contributed by atoms with Gasteiger partial charge in [-0.1, -0.05) is 39.4 Å². The fourth-order valence-electron chi connectivity index (χ4n) is 1.37. The van der Waals surface area contributed by atoms with Crippen LogP contribution >= 0.6 is 27.3 Å². The fourth-order valence-corrected chi connectivity index (χ4v) is 2.56. The van der Waals surface area contributed by atoms with Gasteiger partial charge in [0, 0.05) is 11.5 Å². The second-order valence-electron chi connectivity index (χ2n) is 3.19. The lowest BCUT2D eigenvalue weighted by molar-refractivity contribution is 1.25. The van der Waals surface area contributed by atoms with Crippen LogP contribution in [-0.2, 0) is 0 Å². The zero-order valence-corrected chi connectivity index (χ0v) is 10.9. The number of aryl methyl sites for hydroxylation is 1. The molecule has 1 aromatic heterocycles. The zero-order chi connectivity index (χ0) is 10.8. The summed E-state index contributed by atoms with van der Waals surface area (Å²) >= 11 is 5.11. The highest BCUT2D eigenvalue weighted by molar-refractivity contribution is 9.10. The third-order valence-corrected chi connectivity index (χ3v) is 3.87. The molecule has 0 aliphatic rings. The van der Waals surface area contributed by atoms with E-state index in [0.29, 0.717) is 0 Å². The summed E-state index contributed by atoms with van der Waals surface area (Å²) in [6.45, 7) is 2.04. The molecule has 2 aromatic rings. The van der Waals surface area contributed by atoms with Gasteiger partial charge < -0.3 is 5.32 Å². The quantitative estimate of drug-likeness (QED) is 0.903. The van der Waals surface area contributed by atoms with Crippen molar-refractivity contribution in [3.8, 4) is 10.4 Å². The van der Waals surface area contributed by atoms with Crippen molar-refractivity contribution in [3.05, 3.63) is 34.4 Å². The van der Waals surface area contributed by atoms with Gasteiger partial charge in [-0.05, 0) is 24.6 Å². The Morgan fingerprint density at radius 1 is 1.27 bits per heavy atom. The normalized spacial score (nSPS) is 10.3. The van der Waals surface area contributed by atoms with E-state index in [1.807, 2.05) is 26.1 Å². The second-order valence-corrected chi connectivity index (χ2v) is 5.11. The summed E-state index contributed by atoms with van der Waals surface area (Å²) in [5.41, 5.74) is 2.29. The summed E-state index contributed by atoms with van der Waals surface area (Å²) in [5, 5.41) is 4.03. The van der Waals surface area contributed by atoms with Crippen molar-refractivity contribution in [2.24, 2.45) is 0 Å². The van der Waals surface area contributed by atoms with E-state index in [1.165, 1.54) is 10.4 Å². The van der Waals surface area contributed by atoms with E-state index in [-0.39, 0.29) is 0 Å². The van der Waals surface area contributed by atoms with Crippen LogP contribution in [0.3, 0.4) is 0 Å². The number of nitrogens with one attached hydrogen (secondary N) is 1. The number of hydrogen-bond donors (Lipinski definition) is 1. The molecule has 0 spiro atoms. The van der Waals surface area contributed by atoms with E-state index in [9.17, 15) is 0 Å². The second kappa shape index (κ2) is 4.33. The maximum atomic E-state index is 4.42. The van der Waals surface area contributed by atoms with E-state index < -0.39 is 0 Å². The highest BCUT2D eigenvalue weighted by Gasteiger charge is 2.08. The first kappa shape index (κ1) is 10.6. The molecule has 0 fully saturated rings. The molecule has 1 aromatic carbocycles. The first-order chi connectivity index (χ1) is 7.20. The summed E-state index contributed by atoms with van der Waals surface area (Å²) in [6, 6.07) is 8.30. The number of hydrogen-bond acceptors (Lipinski definition) is 3. The third-order valence-electron chi connectivity index (χ3n) is 2.12. The Morgan fingerprint density at radius 3 is 2.47 bits per heavy atom. The Hall–Kier alpha value is -0.870. The lowest BCUT2D eigenvalue weighted by Crippen LogP contribution is -1.84. The summed E-state index contributed by atoms with van der Waals surface area (Å²) < 4.78 is 1.10. The van der Waals surface area contributed by atoms with Crippen molar-refractivity contribution in [2.75, 3.05) is 12.4 Å². The largest absolute Gasteiger partial charge is 0.365 e. The number of aromatic nitrogens is 1. The van der Waals surface area contributed by atoms with Gasteiger partial charge in [0.2, 0.25) is 0 Å². The first-order valence-corrected chi connectivity index (χ1v) is 6.23. The van der Waals surface area contributed by atoms with Crippen LogP contribution in [0.5, 0.6) is 0 Å². The van der Waals surface area contributed by atoms with E-state index in [0.717, 1.165) is 15.3 Å². The highest BCUT2D eigenvalue weighted by atomic mass is 79.9. The number of rotatable bonds is 2. The number of benzene rings is 1. The Labute approximate surface area is 101 Å². The van der Waals surface area contributed by atoms with E-state index >= 15 is 0 Å². The van der Waals surface area contributed by atoms with Gasteiger partial charge >= 0.3 is 0 Å². The maximum absolute atomic E-state index is 4.42. The molecule has 0 aliphatic carbocycles. The standard InChI is InChI=1S/C11H11BrN2S/c1-7-10(15-11(13-2)14-7)8-3-5-9(12)6-4-8/h3-6H,1-2H3,(H,13,14). The van der Waals surface area contributed by atoms with Crippen LogP contribution in [0.25, 0.3) is 10.4 Å². The molecule has 15 heavy (non-hydrogen) atoms. The van der Waals surface area contributed by atoms with Crippen molar-refractivity contribution in [3.63, 3.8) is 0 Å². The van der Waals surface area contributed by atoms with Gasteiger partial charge in [-0.15, -0.1) is 0 Å². The predicted octanol–water partition coefficient (Wildman–Crippen LogP) is 3.92. The predicted molar refractivity (Wildman–Crippen MR) is 69.5 cm³/mol. The molecule has 2 rings (SSSR count). The lowest BCUT2D eigenvalue weighted by atomic mass is 10.2. The fraction of sp³-hybridized carbons (Fsp3) is 0.182. The summed E-state index contributed by atoms with van der Waals surface area (Å²) in [6.07, 6.45) is 0. The number of thiazole rings is 1. The average molecular weight is 283 g/mol. The van der Waals surface area contributed by atoms with Crippen LogP contribution in [0, 0.1) is 6.92 Å². The minimum atomic E-state index is 0.963. The number of halogens is 1. The van der Waals surface area contributed by atoms with Gasteiger partial charge in [-0.3, -0.25) is 0 Å². The topological polar surface area (TPSA) is 24.9 Å². The molecule has 0 bridgehead atoms. The van der Waals surface area contributed by atoms with E-state index in [2.05, 4.69) is 38.4 Å². The minimum Gasteiger partial charge on any atom is -0.365 e. The zero-order valence-electron chi connectivity index (χ0n) is 8.54. The van der Waals surface area contributed by atoms with E-state index in [4.69, 9.17) is 0 Å². The van der Waals surface area contributed by atoms with Gasteiger partial charge in [0.05, 0.1) is 10.6 Å². The third kappa shape index (κ3) is 2.21. The molecule has 0 amide bonds. The summed E-state index contributed by atoms with van der Waals surface area (Å²) in [4.78, 5) is 5.65.